The molecule has 6 nitrogen and oxygen atoms in total. The van der Waals surface area contributed by atoms with Crippen molar-refractivity contribution in [1.82, 2.24) is 19.8 Å². The number of likely N-dealkylation sites (N-methyl/N-ethyl adjacent to an activating group) is 1. The van der Waals surface area contributed by atoms with Gasteiger partial charge in [0.15, 0.2) is 0 Å². The Bertz CT molecular complexity index is 722. The number of carbonyl (C=O) groups is 1. The molecule has 30 heavy (non-hydrogen) atoms. The SMILES string of the molecule is CC(=O)[C@H]1CC[C@@H](N2CCC(c3cnc(N4C5CCC4CN(C)C5)nc3)CC2)CC1. The van der Waals surface area contributed by atoms with Gasteiger partial charge in [-0.15, -0.1) is 0 Å². The summed E-state index contributed by atoms with van der Waals surface area (Å²) in [6.45, 7) is 6.37. The van der Waals surface area contributed by atoms with Crippen molar-refractivity contribution in [3.05, 3.63) is 18.0 Å². The fourth-order valence-corrected chi connectivity index (χ4v) is 6.56. The van der Waals surface area contributed by atoms with E-state index in [1.165, 1.54) is 57.2 Å². The van der Waals surface area contributed by atoms with Crippen molar-refractivity contribution >= 4 is 11.7 Å². The van der Waals surface area contributed by atoms with Crippen LogP contribution in [-0.4, -0.2) is 76.9 Å². The molecule has 0 spiro atoms. The summed E-state index contributed by atoms with van der Waals surface area (Å²) in [6, 6.07) is 1.86. The van der Waals surface area contributed by atoms with E-state index in [9.17, 15) is 4.79 Å². The monoisotopic (exact) mass is 411 g/mol. The lowest BCUT2D eigenvalue weighted by molar-refractivity contribution is -0.122. The molecule has 4 fully saturated rings. The number of hydrogen-bond donors (Lipinski definition) is 0. The molecule has 0 aromatic carbocycles. The summed E-state index contributed by atoms with van der Waals surface area (Å²) in [6.07, 6.45) is 13.7. The molecule has 3 aliphatic heterocycles. The number of ketones is 1. The van der Waals surface area contributed by atoms with Crippen LogP contribution >= 0.6 is 0 Å². The van der Waals surface area contributed by atoms with E-state index < -0.39 is 0 Å². The number of likely N-dealkylation sites (tertiary alicyclic amines) is 2. The van der Waals surface area contributed by atoms with Crippen molar-refractivity contribution in [2.75, 3.05) is 38.1 Å². The average molecular weight is 412 g/mol. The molecule has 164 valence electrons. The van der Waals surface area contributed by atoms with E-state index in [1.54, 1.807) is 6.92 Å². The zero-order valence-corrected chi connectivity index (χ0v) is 18.7. The third-order valence-electron chi connectivity index (χ3n) is 8.34. The van der Waals surface area contributed by atoms with E-state index in [2.05, 4.69) is 34.1 Å². The van der Waals surface area contributed by atoms with Crippen molar-refractivity contribution in [3.63, 3.8) is 0 Å². The van der Waals surface area contributed by atoms with Gasteiger partial charge in [0.25, 0.3) is 0 Å². The molecular weight excluding hydrogens is 374 g/mol. The summed E-state index contributed by atoms with van der Waals surface area (Å²) in [5.41, 5.74) is 1.32. The Kier molecular flexibility index (Phi) is 5.80. The van der Waals surface area contributed by atoms with Gasteiger partial charge in [-0.05, 0) is 89.9 Å². The molecule has 0 N–H and O–H groups in total. The lowest BCUT2D eigenvalue weighted by atomic mass is 9.82. The number of hydrogen-bond acceptors (Lipinski definition) is 6. The van der Waals surface area contributed by atoms with Crippen LogP contribution in [0.1, 0.15) is 69.8 Å². The van der Waals surface area contributed by atoms with Crippen LogP contribution in [0.5, 0.6) is 0 Å². The van der Waals surface area contributed by atoms with Crippen molar-refractivity contribution in [1.29, 1.82) is 0 Å². The van der Waals surface area contributed by atoms with Gasteiger partial charge in [0.1, 0.15) is 5.78 Å². The number of nitrogens with zero attached hydrogens (tertiary/aromatic N) is 5. The maximum Gasteiger partial charge on any atom is 0.225 e. The lowest BCUT2D eigenvalue weighted by Gasteiger charge is -2.41. The molecule has 2 unspecified atom stereocenters. The second-order valence-electron chi connectivity index (χ2n) is 10.3. The van der Waals surface area contributed by atoms with Gasteiger partial charge >= 0.3 is 0 Å². The van der Waals surface area contributed by atoms with E-state index >= 15 is 0 Å². The van der Waals surface area contributed by atoms with Gasteiger partial charge < -0.3 is 14.7 Å². The number of rotatable bonds is 4. The minimum atomic E-state index is 0.324. The summed E-state index contributed by atoms with van der Waals surface area (Å²) in [7, 11) is 2.23. The normalized spacial score (nSPS) is 33.7. The predicted octanol–water partition coefficient (Wildman–Crippen LogP) is 3.09. The summed E-state index contributed by atoms with van der Waals surface area (Å²) < 4.78 is 0. The molecule has 2 bridgehead atoms. The number of piperazine rings is 1. The minimum Gasteiger partial charge on any atom is -0.332 e. The highest BCUT2D eigenvalue weighted by Gasteiger charge is 2.40. The molecule has 1 aromatic rings. The third kappa shape index (κ3) is 4.01. The molecule has 1 aromatic heterocycles. The van der Waals surface area contributed by atoms with Gasteiger partial charge in [0.05, 0.1) is 0 Å². The molecule has 0 amide bonds. The van der Waals surface area contributed by atoms with Gasteiger partial charge in [-0.3, -0.25) is 4.79 Å². The average Bonchev–Trinajstić information content (AvgIpc) is 3.05. The zero-order valence-electron chi connectivity index (χ0n) is 18.7. The predicted molar refractivity (Wildman–Crippen MR) is 119 cm³/mol. The topological polar surface area (TPSA) is 52.6 Å². The number of carbonyl (C=O) groups excluding carboxylic acids is 1. The Balaban J connectivity index is 1.15. The van der Waals surface area contributed by atoms with Crippen molar-refractivity contribution < 1.29 is 4.79 Å². The van der Waals surface area contributed by atoms with Crippen molar-refractivity contribution in [2.24, 2.45) is 5.92 Å². The molecule has 4 heterocycles. The number of piperidine rings is 1. The first-order valence-electron chi connectivity index (χ1n) is 12.1. The van der Waals surface area contributed by atoms with Crippen LogP contribution < -0.4 is 4.90 Å². The number of aromatic nitrogens is 2. The maximum atomic E-state index is 11.6. The molecule has 1 saturated carbocycles. The van der Waals surface area contributed by atoms with Crippen LogP contribution in [0.4, 0.5) is 5.95 Å². The summed E-state index contributed by atoms with van der Waals surface area (Å²) >= 11 is 0. The van der Waals surface area contributed by atoms with Crippen LogP contribution in [0.25, 0.3) is 0 Å². The van der Waals surface area contributed by atoms with Gasteiger partial charge in [-0.1, -0.05) is 0 Å². The fourth-order valence-electron chi connectivity index (χ4n) is 6.56. The van der Waals surface area contributed by atoms with Crippen LogP contribution in [0.2, 0.25) is 0 Å². The van der Waals surface area contributed by atoms with E-state index in [1.807, 2.05) is 0 Å². The lowest BCUT2D eigenvalue weighted by Crippen LogP contribution is -2.53. The number of fused-ring (bicyclic) bond motifs is 2. The maximum absolute atomic E-state index is 11.6. The van der Waals surface area contributed by atoms with E-state index in [0.29, 0.717) is 35.7 Å². The second kappa shape index (κ2) is 8.54. The highest BCUT2D eigenvalue weighted by atomic mass is 16.1. The van der Waals surface area contributed by atoms with Crippen LogP contribution in [0, 0.1) is 5.92 Å². The van der Waals surface area contributed by atoms with Crippen LogP contribution in [0.15, 0.2) is 12.4 Å². The first-order chi connectivity index (χ1) is 14.6. The highest BCUT2D eigenvalue weighted by molar-refractivity contribution is 5.78. The Morgan fingerprint density at radius 2 is 1.43 bits per heavy atom. The van der Waals surface area contributed by atoms with Gasteiger partial charge in [-0.2, -0.15) is 0 Å². The first kappa shape index (κ1) is 20.4. The molecule has 4 aliphatic rings. The Morgan fingerprint density at radius 1 is 0.867 bits per heavy atom. The van der Waals surface area contributed by atoms with Gasteiger partial charge in [-0.25, -0.2) is 9.97 Å². The molecule has 0 radical (unpaired) electrons. The Morgan fingerprint density at radius 3 is 2.00 bits per heavy atom. The van der Waals surface area contributed by atoms with E-state index in [4.69, 9.17) is 9.97 Å². The molecule has 3 saturated heterocycles. The first-order valence-corrected chi connectivity index (χ1v) is 12.1. The fraction of sp³-hybridized carbons (Fsp3) is 0.792. The molecule has 5 rings (SSSR count). The second-order valence-corrected chi connectivity index (χ2v) is 10.3. The van der Waals surface area contributed by atoms with E-state index in [0.717, 1.165) is 31.9 Å². The van der Waals surface area contributed by atoms with Crippen LogP contribution in [0.3, 0.4) is 0 Å². The molecule has 6 heteroatoms. The van der Waals surface area contributed by atoms with Crippen molar-refractivity contribution in [3.8, 4) is 0 Å². The Labute approximate surface area is 181 Å². The Hall–Kier alpha value is -1.53. The number of Topliss-reactive ketones (excluding diaryl/α,β-unsaturated/α-hetero) is 1. The smallest absolute Gasteiger partial charge is 0.225 e. The van der Waals surface area contributed by atoms with Crippen molar-refractivity contribution in [2.45, 2.75) is 82.3 Å². The minimum absolute atomic E-state index is 0.324. The third-order valence-corrected chi connectivity index (χ3v) is 8.34. The highest BCUT2D eigenvalue weighted by Crippen LogP contribution is 2.35. The summed E-state index contributed by atoms with van der Waals surface area (Å²) in [5.74, 6) is 2.25. The van der Waals surface area contributed by atoms with Crippen LogP contribution in [-0.2, 0) is 4.79 Å². The van der Waals surface area contributed by atoms with Gasteiger partial charge in [0, 0.05) is 49.5 Å². The zero-order chi connectivity index (χ0) is 20.7. The molecule has 1 aliphatic carbocycles. The number of anilines is 1. The quantitative estimate of drug-likeness (QED) is 0.759. The summed E-state index contributed by atoms with van der Waals surface area (Å²) in [4.78, 5) is 28.9. The molecular formula is C24H37N5O. The molecule has 2 atom stereocenters. The summed E-state index contributed by atoms with van der Waals surface area (Å²) in [5, 5.41) is 0. The van der Waals surface area contributed by atoms with E-state index in [-0.39, 0.29) is 0 Å². The standard InChI is InChI=1S/C24H37N5O/c1-17(30)18-3-5-21(6-4-18)28-11-9-19(10-12-28)20-13-25-24(26-14-20)29-22-7-8-23(29)16-27(2)15-22/h13-14,18-19,21-23H,3-12,15-16H2,1-2H3/t18-,21+,22?,23?. The van der Waals surface area contributed by atoms with Gasteiger partial charge in [0.2, 0.25) is 5.95 Å². The largest absolute Gasteiger partial charge is 0.332 e.